The lowest BCUT2D eigenvalue weighted by molar-refractivity contribution is 0.0828. The van der Waals surface area contributed by atoms with Crippen LogP contribution in [0.15, 0.2) is 65.2 Å². The van der Waals surface area contributed by atoms with Crippen LogP contribution in [-0.4, -0.2) is 35.6 Å². The Morgan fingerprint density at radius 1 is 1.23 bits per heavy atom. The van der Waals surface area contributed by atoms with E-state index in [1.165, 1.54) is 4.90 Å². The number of aromatic nitrogens is 1. The molecule has 0 aliphatic carbocycles. The average molecular weight is 423 g/mol. The van der Waals surface area contributed by atoms with Gasteiger partial charge in [0.25, 0.3) is 5.91 Å². The molecule has 154 valence electrons. The number of halogens is 1. The fraction of sp³-hybridized carbons (Fsp3) is 0.136. The fourth-order valence-corrected chi connectivity index (χ4v) is 2.64. The monoisotopic (exact) mass is 422 g/mol. The quantitative estimate of drug-likeness (QED) is 0.516. The third kappa shape index (κ3) is 5.63. The lowest BCUT2D eigenvalue weighted by Gasteiger charge is -2.14. The van der Waals surface area contributed by atoms with Gasteiger partial charge in [-0.3, -0.25) is 4.79 Å². The van der Waals surface area contributed by atoms with Gasteiger partial charge in [-0.05, 0) is 31.2 Å². The van der Waals surface area contributed by atoms with Crippen LogP contribution in [0.1, 0.15) is 28.4 Å². The molecule has 1 aromatic carbocycles. The largest absolute Gasteiger partial charge is 0.401 e. The van der Waals surface area contributed by atoms with Gasteiger partial charge in [-0.15, -0.1) is 0 Å². The summed E-state index contributed by atoms with van der Waals surface area (Å²) in [4.78, 5) is 22.3. The summed E-state index contributed by atoms with van der Waals surface area (Å²) in [6.45, 7) is 5.34. The number of rotatable bonds is 4. The molecular formula is C22H23ClN6O. The Balaban J connectivity index is 2.63. The van der Waals surface area contributed by atoms with E-state index in [1.807, 2.05) is 0 Å². The number of allylic oxidation sites excluding steroid dienone is 2. The first-order valence-corrected chi connectivity index (χ1v) is 9.23. The van der Waals surface area contributed by atoms with E-state index in [4.69, 9.17) is 28.8 Å². The molecule has 0 saturated carbocycles. The van der Waals surface area contributed by atoms with Gasteiger partial charge in [0, 0.05) is 37.1 Å². The molecule has 1 amide bonds. The molecular weight excluding hydrogens is 400 g/mol. The molecule has 0 saturated heterocycles. The molecule has 0 radical (unpaired) electrons. The zero-order chi connectivity index (χ0) is 22.4. The summed E-state index contributed by atoms with van der Waals surface area (Å²) in [5, 5.41) is 0.317. The minimum atomic E-state index is -0.248. The summed E-state index contributed by atoms with van der Waals surface area (Å²) in [6.07, 6.45) is 1.56. The van der Waals surface area contributed by atoms with E-state index in [-0.39, 0.29) is 11.7 Å². The Bertz CT molecular complexity index is 1100. The lowest BCUT2D eigenvalue weighted by Crippen LogP contribution is -2.22. The Kier molecular flexibility index (Phi) is 7.23. The first-order valence-electron chi connectivity index (χ1n) is 8.85. The summed E-state index contributed by atoms with van der Waals surface area (Å²) in [5.41, 5.74) is 20.2. The normalized spacial score (nSPS) is 11.8. The number of anilines is 1. The number of nitrogens with zero attached hydrogens (tertiary/aromatic N) is 3. The van der Waals surface area contributed by atoms with E-state index in [1.54, 1.807) is 57.5 Å². The highest BCUT2D eigenvalue weighted by molar-refractivity contribution is 6.34. The smallest absolute Gasteiger partial charge is 0.254 e. The van der Waals surface area contributed by atoms with Gasteiger partial charge in [-0.2, -0.15) is 0 Å². The molecule has 0 bridgehead atoms. The predicted molar refractivity (Wildman–Crippen MR) is 122 cm³/mol. The summed E-state index contributed by atoms with van der Waals surface area (Å²) in [5.74, 6) is 6.21. The number of hydrogen-bond donors (Lipinski definition) is 3. The van der Waals surface area contributed by atoms with Crippen LogP contribution in [0.4, 0.5) is 5.82 Å². The molecule has 2 aromatic rings. The van der Waals surface area contributed by atoms with E-state index in [2.05, 4.69) is 28.4 Å². The van der Waals surface area contributed by atoms with Crippen molar-refractivity contribution < 1.29 is 4.79 Å². The van der Waals surface area contributed by atoms with Gasteiger partial charge in [0.15, 0.2) is 0 Å². The number of hydrogen-bond acceptors (Lipinski definition) is 6. The number of aliphatic imine (C=N–C) groups is 1. The lowest BCUT2D eigenvalue weighted by atomic mass is 9.98. The summed E-state index contributed by atoms with van der Waals surface area (Å²) in [7, 11) is 3.28. The minimum absolute atomic E-state index is 0.0649. The maximum absolute atomic E-state index is 12.5. The van der Waals surface area contributed by atoms with Crippen molar-refractivity contribution in [2.45, 2.75) is 6.92 Å². The number of pyridine rings is 1. The zero-order valence-electron chi connectivity index (χ0n) is 17.0. The Morgan fingerprint density at radius 2 is 1.93 bits per heavy atom. The topological polar surface area (TPSA) is 124 Å². The average Bonchev–Trinajstić information content (AvgIpc) is 2.68. The molecule has 30 heavy (non-hydrogen) atoms. The molecule has 0 fully saturated rings. The van der Waals surface area contributed by atoms with Gasteiger partial charge >= 0.3 is 0 Å². The third-order valence-corrected chi connectivity index (χ3v) is 4.21. The molecule has 0 aliphatic rings. The highest BCUT2D eigenvalue weighted by atomic mass is 35.5. The van der Waals surface area contributed by atoms with Crippen molar-refractivity contribution in [1.29, 1.82) is 0 Å². The molecule has 8 heteroatoms. The number of benzene rings is 1. The number of carbonyl (C=O) groups excluding carboxylic acids is 1. The van der Waals surface area contributed by atoms with Crippen molar-refractivity contribution in [2.24, 2.45) is 16.5 Å². The molecule has 1 heterocycles. The van der Waals surface area contributed by atoms with Crippen molar-refractivity contribution in [2.75, 3.05) is 19.8 Å². The van der Waals surface area contributed by atoms with Gasteiger partial charge in [0.05, 0.1) is 21.9 Å². The molecule has 2 rings (SSSR count). The molecule has 0 unspecified atom stereocenters. The fourth-order valence-electron chi connectivity index (χ4n) is 2.44. The molecule has 0 spiro atoms. The highest BCUT2D eigenvalue weighted by Gasteiger charge is 2.17. The Labute approximate surface area is 180 Å². The number of nitrogen functional groups attached to an aromatic ring is 1. The summed E-state index contributed by atoms with van der Waals surface area (Å²) < 4.78 is 0. The van der Waals surface area contributed by atoms with E-state index in [0.29, 0.717) is 44.5 Å². The van der Waals surface area contributed by atoms with Crippen molar-refractivity contribution in [3.63, 3.8) is 0 Å². The van der Waals surface area contributed by atoms with E-state index in [0.717, 1.165) is 0 Å². The molecule has 7 nitrogen and oxygen atoms in total. The van der Waals surface area contributed by atoms with Crippen LogP contribution in [0.3, 0.4) is 0 Å². The standard InChI is InChI=1S/C22H23ClN6O/c1-13(24)17(8-5-15-6-10-20(26)27-12-15)21(28-14(2)25)16-7-9-19(23)18(11-16)22(30)29(3)4/h6-7,9-12H,2,24-25H2,1,3-4H3,(H2,26,27)/b17-13-,28-21?. The number of nitrogens with two attached hydrogens (primary N) is 3. The number of amides is 1. The predicted octanol–water partition coefficient (Wildman–Crippen LogP) is 2.52. The van der Waals surface area contributed by atoms with Crippen LogP contribution in [0.25, 0.3) is 0 Å². The van der Waals surface area contributed by atoms with Crippen LogP contribution < -0.4 is 17.2 Å². The van der Waals surface area contributed by atoms with Crippen LogP contribution >= 0.6 is 11.6 Å². The molecule has 0 aliphatic heterocycles. The summed E-state index contributed by atoms with van der Waals surface area (Å²) >= 11 is 6.23. The maximum Gasteiger partial charge on any atom is 0.254 e. The summed E-state index contributed by atoms with van der Waals surface area (Å²) in [6, 6.07) is 8.35. The van der Waals surface area contributed by atoms with E-state index < -0.39 is 0 Å². The van der Waals surface area contributed by atoms with Crippen LogP contribution in [0.5, 0.6) is 0 Å². The first kappa shape index (κ1) is 22.5. The van der Waals surface area contributed by atoms with E-state index >= 15 is 0 Å². The second-order valence-electron chi connectivity index (χ2n) is 6.63. The maximum atomic E-state index is 12.5. The van der Waals surface area contributed by atoms with Crippen molar-refractivity contribution in [3.8, 4) is 11.8 Å². The molecule has 1 aromatic heterocycles. The number of carbonyl (C=O) groups is 1. The zero-order valence-corrected chi connectivity index (χ0v) is 17.8. The SMILES string of the molecule is C=C(N)N=C(/C(C#Cc1ccc(N)nc1)=C(/C)N)c1ccc(Cl)c(C(=O)N(C)C)c1. The van der Waals surface area contributed by atoms with Crippen molar-refractivity contribution in [1.82, 2.24) is 9.88 Å². The van der Waals surface area contributed by atoms with Gasteiger partial charge < -0.3 is 22.1 Å². The molecule has 0 atom stereocenters. The van der Waals surface area contributed by atoms with Gasteiger partial charge in [0.1, 0.15) is 11.6 Å². The van der Waals surface area contributed by atoms with Crippen LogP contribution in [0.2, 0.25) is 5.02 Å². The van der Waals surface area contributed by atoms with Gasteiger partial charge in [-0.1, -0.05) is 36.1 Å². The van der Waals surface area contributed by atoms with Crippen LogP contribution in [-0.2, 0) is 0 Å². The van der Waals surface area contributed by atoms with Gasteiger partial charge in [-0.25, -0.2) is 9.98 Å². The first-order chi connectivity index (χ1) is 14.1. The van der Waals surface area contributed by atoms with Crippen LogP contribution in [0, 0.1) is 11.8 Å². The molecule has 6 N–H and O–H groups in total. The minimum Gasteiger partial charge on any atom is -0.401 e. The Morgan fingerprint density at radius 3 is 2.47 bits per heavy atom. The highest BCUT2D eigenvalue weighted by Crippen LogP contribution is 2.22. The third-order valence-electron chi connectivity index (χ3n) is 3.88. The van der Waals surface area contributed by atoms with Gasteiger partial charge in [0.2, 0.25) is 0 Å². The second kappa shape index (κ2) is 9.63. The van der Waals surface area contributed by atoms with Crippen molar-refractivity contribution in [3.05, 3.63) is 81.9 Å². The Hall–Kier alpha value is -3.76. The van der Waals surface area contributed by atoms with Crippen molar-refractivity contribution >= 4 is 29.0 Å². The second-order valence-corrected chi connectivity index (χ2v) is 7.03. The van der Waals surface area contributed by atoms with E-state index in [9.17, 15) is 4.79 Å².